The van der Waals surface area contributed by atoms with Gasteiger partial charge >= 0.3 is 0 Å². The summed E-state index contributed by atoms with van der Waals surface area (Å²) in [4.78, 5) is 18.3. The van der Waals surface area contributed by atoms with Crippen LogP contribution in [0.2, 0.25) is 0 Å². The molecule has 1 N–H and O–H groups in total. The van der Waals surface area contributed by atoms with Crippen LogP contribution in [0.25, 0.3) is 10.2 Å². The molecule has 4 rings (SSSR count). The third-order valence-corrected chi connectivity index (χ3v) is 5.91. The number of hydrogen-bond donors (Lipinski definition) is 1. The second-order valence-electron chi connectivity index (χ2n) is 5.66. The quantitative estimate of drug-likeness (QED) is 0.440. The molecular weight excluding hydrogens is 380 g/mol. The van der Waals surface area contributed by atoms with Crippen molar-refractivity contribution in [2.24, 2.45) is 0 Å². The Hall–Kier alpha value is -2.77. The molecule has 0 radical (unpaired) electrons. The molecule has 0 aliphatic carbocycles. The standard InChI is InChI=1S/C20H16N2O3S2/c1-24-15-8-5-9-16-17(15)21-20(27-16)22-19(23)18-13(10-11-25-18)12-26-14-6-3-2-4-7-14/h2-11H,12H2,1H3,(H,21,22,23). The number of thioether (sulfide) groups is 1. The van der Waals surface area contributed by atoms with Crippen molar-refractivity contribution >= 4 is 44.4 Å². The van der Waals surface area contributed by atoms with E-state index in [9.17, 15) is 4.79 Å². The number of furan rings is 1. The number of amides is 1. The Morgan fingerprint density at radius 1 is 1.19 bits per heavy atom. The van der Waals surface area contributed by atoms with Gasteiger partial charge in [0.25, 0.3) is 5.91 Å². The van der Waals surface area contributed by atoms with Crippen molar-refractivity contribution in [3.05, 3.63) is 72.2 Å². The summed E-state index contributed by atoms with van der Waals surface area (Å²) in [6, 6.07) is 17.6. The number of para-hydroxylation sites is 1. The molecule has 7 heteroatoms. The molecule has 1 amide bonds. The Bertz CT molecular complexity index is 1070. The largest absolute Gasteiger partial charge is 0.494 e. The molecule has 2 aromatic carbocycles. The van der Waals surface area contributed by atoms with Gasteiger partial charge < -0.3 is 9.15 Å². The van der Waals surface area contributed by atoms with Gasteiger partial charge in [-0.25, -0.2) is 4.98 Å². The fourth-order valence-electron chi connectivity index (χ4n) is 2.62. The Morgan fingerprint density at radius 3 is 2.85 bits per heavy atom. The molecule has 0 aliphatic heterocycles. The van der Waals surface area contributed by atoms with Crippen molar-refractivity contribution in [1.29, 1.82) is 0 Å². The fourth-order valence-corrected chi connectivity index (χ4v) is 4.40. The molecule has 27 heavy (non-hydrogen) atoms. The number of carbonyl (C=O) groups excluding carboxylic acids is 1. The minimum absolute atomic E-state index is 0.304. The maximum Gasteiger partial charge on any atom is 0.293 e. The zero-order valence-electron chi connectivity index (χ0n) is 14.5. The van der Waals surface area contributed by atoms with Gasteiger partial charge in [0.2, 0.25) is 0 Å². The summed E-state index contributed by atoms with van der Waals surface area (Å²) in [6.07, 6.45) is 1.54. The first-order valence-electron chi connectivity index (χ1n) is 8.23. The van der Waals surface area contributed by atoms with Crippen LogP contribution in [-0.4, -0.2) is 18.0 Å². The van der Waals surface area contributed by atoms with Crippen LogP contribution in [0.1, 0.15) is 16.1 Å². The van der Waals surface area contributed by atoms with Gasteiger partial charge in [-0.2, -0.15) is 0 Å². The normalized spacial score (nSPS) is 10.9. The van der Waals surface area contributed by atoms with Gasteiger partial charge in [0.1, 0.15) is 11.3 Å². The highest BCUT2D eigenvalue weighted by Crippen LogP contribution is 2.32. The molecule has 136 valence electrons. The van der Waals surface area contributed by atoms with E-state index in [-0.39, 0.29) is 5.91 Å². The lowest BCUT2D eigenvalue weighted by molar-refractivity contribution is 0.0996. The molecule has 5 nitrogen and oxygen atoms in total. The molecule has 0 atom stereocenters. The second-order valence-corrected chi connectivity index (χ2v) is 7.74. The minimum atomic E-state index is -0.304. The first-order chi connectivity index (χ1) is 13.2. The van der Waals surface area contributed by atoms with Crippen molar-refractivity contribution in [3.8, 4) is 5.75 Å². The van der Waals surface area contributed by atoms with Crippen LogP contribution in [0.3, 0.4) is 0 Å². The van der Waals surface area contributed by atoms with Gasteiger partial charge in [-0.15, -0.1) is 11.8 Å². The van der Waals surface area contributed by atoms with Gasteiger partial charge in [-0.3, -0.25) is 10.1 Å². The second kappa shape index (κ2) is 7.85. The van der Waals surface area contributed by atoms with Gasteiger partial charge in [0, 0.05) is 16.2 Å². The number of nitrogens with zero attached hydrogens (tertiary/aromatic N) is 1. The highest BCUT2D eigenvalue weighted by atomic mass is 32.2. The van der Waals surface area contributed by atoms with Crippen LogP contribution in [0.5, 0.6) is 5.75 Å². The Kier molecular flexibility index (Phi) is 5.13. The topological polar surface area (TPSA) is 64.4 Å². The average Bonchev–Trinajstić information content (AvgIpc) is 3.33. The lowest BCUT2D eigenvalue weighted by Gasteiger charge is -2.03. The maximum atomic E-state index is 12.7. The van der Waals surface area contributed by atoms with Crippen molar-refractivity contribution in [3.63, 3.8) is 0 Å². The summed E-state index contributed by atoms with van der Waals surface area (Å²) in [5.41, 5.74) is 1.58. The number of carbonyl (C=O) groups is 1. The Morgan fingerprint density at radius 2 is 2.04 bits per heavy atom. The molecule has 0 saturated heterocycles. The van der Waals surface area contributed by atoms with Gasteiger partial charge in [0.15, 0.2) is 10.9 Å². The van der Waals surface area contributed by atoms with Gasteiger partial charge in [-0.1, -0.05) is 35.6 Å². The molecule has 0 fully saturated rings. The average molecular weight is 396 g/mol. The van der Waals surface area contributed by atoms with Crippen LogP contribution in [0, 0.1) is 0 Å². The molecule has 0 unspecified atom stereocenters. The SMILES string of the molecule is COc1cccc2sc(NC(=O)c3occc3CSc3ccccc3)nc12. The number of rotatable bonds is 6. The van der Waals surface area contributed by atoms with Crippen LogP contribution >= 0.6 is 23.1 Å². The zero-order chi connectivity index (χ0) is 18.6. The zero-order valence-corrected chi connectivity index (χ0v) is 16.1. The lowest BCUT2D eigenvalue weighted by Crippen LogP contribution is -2.12. The summed E-state index contributed by atoms with van der Waals surface area (Å²) >= 11 is 3.05. The fraction of sp³-hybridized carbons (Fsp3) is 0.100. The van der Waals surface area contributed by atoms with Crippen LogP contribution < -0.4 is 10.1 Å². The number of anilines is 1. The predicted molar refractivity (Wildman–Crippen MR) is 109 cm³/mol. The molecule has 0 spiro atoms. The van der Waals surface area contributed by atoms with E-state index in [1.54, 1.807) is 18.9 Å². The first kappa shape index (κ1) is 17.6. The minimum Gasteiger partial charge on any atom is -0.494 e. The van der Waals surface area contributed by atoms with Crippen LogP contribution in [0.15, 0.2) is 70.2 Å². The van der Waals surface area contributed by atoms with E-state index in [1.807, 2.05) is 54.6 Å². The molecule has 0 aliphatic rings. The third-order valence-electron chi connectivity index (χ3n) is 3.91. The molecule has 0 bridgehead atoms. The van der Waals surface area contributed by atoms with E-state index in [4.69, 9.17) is 9.15 Å². The maximum absolute atomic E-state index is 12.7. The number of aromatic nitrogens is 1. The van der Waals surface area contributed by atoms with Crippen LogP contribution in [0.4, 0.5) is 5.13 Å². The first-order valence-corrected chi connectivity index (χ1v) is 10.0. The smallest absolute Gasteiger partial charge is 0.293 e. The lowest BCUT2D eigenvalue weighted by atomic mass is 10.3. The highest BCUT2D eigenvalue weighted by Gasteiger charge is 2.18. The molecular formula is C20H16N2O3S2. The number of thiazole rings is 1. The van der Waals surface area contributed by atoms with Crippen LogP contribution in [-0.2, 0) is 5.75 Å². The van der Waals surface area contributed by atoms with E-state index in [0.717, 1.165) is 20.7 Å². The monoisotopic (exact) mass is 396 g/mol. The predicted octanol–water partition coefficient (Wildman–Crippen LogP) is 5.44. The molecule has 4 aromatic rings. The Balaban J connectivity index is 1.50. The number of hydrogen-bond acceptors (Lipinski definition) is 6. The van der Waals surface area contributed by atoms with E-state index in [0.29, 0.717) is 22.4 Å². The third kappa shape index (κ3) is 3.84. The van der Waals surface area contributed by atoms with Crippen molar-refractivity contribution in [2.75, 3.05) is 12.4 Å². The van der Waals surface area contributed by atoms with E-state index < -0.39 is 0 Å². The number of benzene rings is 2. The number of fused-ring (bicyclic) bond motifs is 1. The summed E-state index contributed by atoms with van der Waals surface area (Å²) < 4.78 is 11.7. The molecule has 2 aromatic heterocycles. The van der Waals surface area contributed by atoms with E-state index in [2.05, 4.69) is 10.3 Å². The van der Waals surface area contributed by atoms with Gasteiger partial charge in [-0.05, 0) is 30.3 Å². The number of nitrogens with one attached hydrogen (secondary N) is 1. The highest BCUT2D eigenvalue weighted by molar-refractivity contribution is 7.98. The molecule has 2 heterocycles. The van der Waals surface area contributed by atoms with E-state index in [1.165, 1.54) is 17.6 Å². The Labute approximate surface area is 164 Å². The van der Waals surface area contributed by atoms with Gasteiger partial charge in [0.05, 0.1) is 18.1 Å². The van der Waals surface area contributed by atoms with Crippen molar-refractivity contribution in [1.82, 2.24) is 4.98 Å². The summed E-state index contributed by atoms with van der Waals surface area (Å²) in [7, 11) is 1.60. The van der Waals surface area contributed by atoms with Crippen molar-refractivity contribution in [2.45, 2.75) is 10.6 Å². The van der Waals surface area contributed by atoms with Crippen molar-refractivity contribution < 1.29 is 13.9 Å². The summed E-state index contributed by atoms with van der Waals surface area (Å²) in [5, 5.41) is 3.35. The molecule has 0 saturated carbocycles. The number of ether oxygens (including phenoxy) is 1. The summed E-state index contributed by atoms with van der Waals surface area (Å²) in [6.45, 7) is 0. The van der Waals surface area contributed by atoms with E-state index >= 15 is 0 Å². The number of methoxy groups -OCH3 is 1. The summed E-state index contributed by atoms with van der Waals surface area (Å²) in [5.74, 6) is 1.34.